The standard InChI is InChI=1S/C18H31N5O2.HI/c1-3-16-21-15(22-25-16)7-10-20-17(19-4-2)23-11-5-8-18(13-23)9-6-12-24-14-18;/h3-14H2,1-2H3,(H,19,20);1H. The zero-order valence-electron chi connectivity index (χ0n) is 16.0. The van der Waals surface area contributed by atoms with Gasteiger partial charge < -0.3 is 19.5 Å². The molecule has 1 N–H and O–H groups in total. The number of guanidine groups is 1. The Bertz CT molecular complexity index is 566. The van der Waals surface area contributed by atoms with Gasteiger partial charge >= 0.3 is 0 Å². The van der Waals surface area contributed by atoms with Crippen LogP contribution in [0.15, 0.2) is 9.52 Å². The van der Waals surface area contributed by atoms with Crippen molar-refractivity contribution in [3.05, 3.63) is 11.7 Å². The zero-order valence-corrected chi connectivity index (χ0v) is 18.3. The summed E-state index contributed by atoms with van der Waals surface area (Å²) in [7, 11) is 0. The molecule has 2 fully saturated rings. The van der Waals surface area contributed by atoms with Crippen LogP contribution in [0.2, 0.25) is 0 Å². The molecule has 8 heteroatoms. The fraction of sp³-hybridized carbons (Fsp3) is 0.833. The fourth-order valence-electron chi connectivity index (χ4n) is 3.84. The summed E-state index contributed by atoms with van der Waals surface area (Å²) in [6.45, 7) is 9.60. The van der Waals surface area contributed by atoms with Crippen molar-refractivity contribution in [3.63, 3.8) is 0 Å². The molecule has 0 bridgehead atoms. The van der Waals surface area contributed by atoms with Gasteiger partial charge in [-0.3, -0.25) is 4.99 Å². The number of rotatable bonds is 5. The van der Waals surface area contributed by atoms with E-state index >= 15 is 0 Å². The van der Waals surface area contributed by atoms with E-state index in [4.69, 9.17) is 14.3 Å². The second-order valence-electron chi connectivity index (χ2n) is 7.12. The molecular weight excluding hydrogens is 445 g/mol. The van der Waals surface area contributed by atoms with Crippen LogP contribution in [0.5, 0.6) is 0 Å². The third kappa shape index (κ3) is 5.55. The number of ether oxygens (including phenoxy) is 1. The van der Waals surface area contributed by atoms with E-state index in [2.05, 4.69) is 27.3 Å². The second kappa shape index (κ2) is 10.4. The normalized spacial score (nSPS) is 23.8. The Balaban J connectivity index is 0.00000243. The van der Waals surface area contributed by atoms with Gasteiger partial charge in [0.1, 0.15) is 0 Å². The molecule has 0 aromatic carbocycles. The predicted octanol–water partition coefficient (Wildman–Crippen LogP) is 2.65. The van der Waals surface area contributed by atoms with E-state index in [1.54, 1.807) is 0 Å². The second-order valence-corrected chi connectivity index (χ2v) is 7.12. The van der Waals surface area contributed by atoms with E-state index in [-0.39, 0.29) is 24.0 Å². The Morgan fingerprint density at radius 2 is 2.15 bits per heavy atom. The van der Waals surface area contributed by atoms with Crippen LogP contribution < -0.4 is 5.32 Å². The first kappa shape index (κ1) is 21.4. The predicted molar refractivity (Wildman–Crippen MR) is 112 cm³/mol. The monoisotopic (exact) mass is 477 g/mol. The Hall–Kier alpha value is -0.900. The lowest BCUT2D eigenvalue weighted by Gasteiger charge is -2.45. The van der Waals surface area contributed by atoms with Crippen molar-refractivity contribution in [1.82, 2.24) is 20.4 Å². The molecule has 2 aliphatic heterocycles. The highest BCUT2D eigenvalue weighted by Gasteiger charge is 2.38. The minimum atomic E-state index is 0. The van der Waals surface area contributed by atoms with Crippen LogP contribution in [-0.2, 0) is 17.6 Å². The van der Waals surface area contributed by atoms with Gasteiger partial charge in [-0.2, -0.15) is 4.98 Å². The summed E-state index contributed by atoms with van der Waals surface area (Å²) in [6.07, 6.45) is 6.41. The van der Waals surface area contributed by atoms with Crippen molar-refractivity contribution in [1.29, 1.82) is 0 Å². The smallest absolute Gasteiger partial charge is 0.226 e. The van der Waals surface area contributed by atoms with Crippen LogP contribution >= 0.6 is 24.0 Å². The van der Waals surface area contributed by atoms with Crippen LogP contribution in [0.4, 0.5) is 0 Å². The largest absolute Gasteiger partial charge is 0.381 e. The van der Waals surface area contributed by atoms with Crippen molar-refractivity contribution in [2.24, 2.45) is 10.4 Å². The van der Waals surface area contributed by atoms with Crippen LogP contribution in [0, 0.1) is 5.41 Å². The van der Waals surface area contributed by atoms with Gasteiger partial charge in [0.2, 0.25) is 5.89 Å². The van der Waals surface area contributed by atoms with Gasteiger partial charge in [-0.1, -0.05) is 12.1 Å². The Labute approximate surface area is 173 Å². The van der Waals surface area contributed by atoms with Gasteiger partial charge in [-0.15, -0.1) is 24.0 Å². The minimum absolute atomic E-state index is 0. The molecule has 148 valence electrons. The molecular formula is C18H32IN5O2. The summed E-state index contributed by atoms with van der Waals surface area (Å²) in [4.78, 5) is 11.6. The molecule has 0 amide bonds. The van der Waals surface area contributed by atoms with Crippen molar-refractivity contribution < 1.29 is 9.26 Å². The molecule has 1 atom stereocenters. The fourth-order valence-corrected chi connectivity index (χ4v) is 3.84. The number of hydrogen-bond donors (Lipinski definition) is 1. The number of nitrogens with zero attached hydrogens (tertiary/aromatic N) is 4. The van der Waals surface area contributed by atoms with Crippen molar-refractivity contribution in [2.45, 2.75) is 52.4 Å². The van der Waals surface area contributed by atoms with E-state index in [0.717, 1.165) is 51.1 Å². The van der Waals surface area contributed by atoms with E-state index in [9.17, 15) is 0 Å². The highest BCUT2D eigenvalue weighted by Crippen LogP contribution is 2.37. The van der Waals surface area contributed by atoms with Crippen molar-refractivity contribution in [3.8, 4) is 0 Å². The molecule has 1 spiro atoms. The molecule has 1 aromatic heterocycles. The van der Waals surface area contributed by atoms with E-state index in [1.807, 2.05) is 6.92 Å². The molecule has 0 aliphatic carbocycles. The number of halogens is 1. The molecule has 2 aliphatic rings. The molecule has 1 unspecified atom stereocenters. The van der Waals surface area contributed by atoms with Gasteiger partial charge in [-0.05, 0) is 32.6 Å². The number of piperidine rings is 1. The maximum absolute atomic E-state index is 5.79. The Kier molecular flexibility index (Phi) is 8.59. The number of aromatic nitrogens is 2. The number of likely N-dealkylation sites (tertiary alicyclic amines) is 1. The topological polar surface area (TPSA) is 75.8 Å². The number of aryl methyl sites for hydroxylation is 1. The first-order valence-electron chi connectivity index (χ1n) is 9.67. The summed E-state index contributed by atoms with van der Waals surface area (Å²) >= 11 is 0. The molecule has 2 saturated heterocycles. The molecule has 26 heavy (non-hydrogen) atoms. The molecule has 7 nitrogen and oxygen atoms in total. The summed E-state index contributed by atoms with van der Waals surface area (Å²) in [6, 6.07) is 0. The highest BCUT2D eigenvalue weighted by atomic mass is 127. The molecule has 1 aromatic rings. The quantitative estimate of drug-likeness (QED) is 0.399. The third-order valence-electron chi connectivity index (χ3n) is 5.11. The van der Waals surface area contributed by atoms with E-state index in [1.165, 1.54) is 25.7 Å². The summed E-state index contributed by atoms with van der Waals surface area (Å²) < 4.78 is 10.9. The Morgan fingerprint density at radius 3 is 2.85 bits per heavy atom. The molecule has 3 heterocycles. The Morgan fingerprint density at radius 1 is 1.31 bits per heavy atom. The average Bonchev–Trinajstić information content (AvgIpc) is 3.10. The first-order chi connectivity index (χ1) is 12.2. The summed E-state index contributed by atoms with van der Waals surface area (Å²) in [5.41, 5.74) is 0.316. The number of hydrogen-bond acceptors (Lipinski definition) is 5. The zero-order chi connectivity index (χ0) is 17.5. The van der Waals surface area contributed by atoms with E-state index in [0.29, 0.717) is 24.3 Å². The molecule has 0 saturated carbocycles. The lowest BCUT2D eigenvalue weighted by Crippen LogP contribution is -2.53. The van der Waals surface area contributed by atoms with Crippen LogP contribution in [0.1, 0.15) is 51.2 Å². The number of aliphatic imine (C=N–C) groups is 1. The SMILES string of the molecule is CCNC(=NCCc1noc(CC)n1)N1CCCC2(CCCOC2)C1.I. The third-order valence-corrected chi connectivity index (χ3v) is 5.11. The lowest BCUT2D eigenvalue weighted by atomic mass is 9.76. The van der Waals surface area contributed by atoms with Gasteiger partial charge in [0.25, 0.3) is 0 Å². The van der Waals surface area contributed by atoms with Crippen LogP contribution in [0.3, 0.4) is 0 Å². The van der Waals surface area contributed by atoms with Gasteiger partial charge in [0.05, 0.1) is 6.61 Å². The molecule has 3 rings (SSSR count). The minimum Gasteiger partial charge on any atom is -0.381 e. The maximum Gasteiger partial charge on any atom is 0.226 e. The van der Waals surface area contributed by atoms with Gasteiger partial charge in [-0.25, -0.2) is 0 Å². The lowest BCUT2D eigenvalue weighted by molar-refractivity contribution is -0.0370. The van der Waals surface area contributed by atoms with Gasteiger partial charge in [0.15, 0.2) is 11.8 Å². The van der Waals surface area contributed by atoms with Crippen LogP contribution in [0.25, 0.3) is 0 Å². The van der Waals surface area contributed by atoms with Crippen molar-refractivity contribution in [2.75, 3.05) is 39.4 Å². The highest BCUT2D eigenvalue weighted by molar-refractivity contribution is 14.0. The summed E-state index contributed by atoms with van der Waals surface area (Å²) in [5, 5.41) is 7.45. The summed E-state index contributed by atoms with van der Waals surface area (Å²) in [5.74, 6) is 2.44. The average molecular weight is 477 g/mol. The van der Waals surface area contributed by atoms with E-state index < -0.39 is 0 Å². The maximum atomic E-state index is 5.79. The number of nitrogens with one attached hydrogen (secondary N) is 1. The first-order valence-corrected chi connectivity index (χ1v) is 9.67. The van der Waals surface area contributed by atoms with Crippen molar-refractivity contribution >= 4 is 29.9 Å². The van der Waals surface area contributed by atoms with Gasteiger partial charge in [0, 0.05) is 51.0 Å². The molecule has 0 radical (unpaired) electrons. The van der Waals surface area contributed by atoms with Crippen LogP contribution in [-0.4, -0.2) is 60.4 Å².